The van der Waals surface area contributed by atoms with Crippen LogP contribution in [0.4, 0.5) is 10.5 Å². The van der Waals surface area contributed by atoms with Crippen LogP contribution in [0, 0.1) is 0 Å². The topological polar surface area (TPSA) is 114 Å². The van der Waals surface area contributed by atoms with Crippen LogP contribution in [-0.4, -0.2) is 35.8 Å². The molecule has 0 unspecified atom stereocenters. The predicted molar refractivity (Wildman–Crippen MR) is 106 cm³/mol. The van der Waals surface area contributed by atoms with Crippen LogP contribution in [0.15, 0.2) is 24.3 Å². The molecule has 0 radical (unpaired) electrons. The van der Waals surface area contributed by atoms with Gasteiger partial charge in [-0.05, 0) is 45.4 Å². The first-order valence-electron chi connectivity index (χ1n) is 9.17. The van der Waals surface area contributed by atoms with Crippen LogP contribution in [0.5, 0.6) is 0 Å². The Labute approximate surface area is 165 Å². The molecule has 1 rings (SSSR count). The quantitative estimate of drug-likeness (QED) is 0.599. The molecule has 0 bridgehead atoms. The van der Waals surface area contributed by atoms with Gasteiger partial charge in [0.15, 0.2) is 0 Å². The van der Waals surface area contributed by atoms with Crippen molar-refractivity contribution in [2.75, 3.05) is 11.9 Å². The highest BCUT2D eigenvalue weighted by molar-refractivity contribution is 5.91. The third kappa shape index (κ3) is 10.9. The average molecular weight is 391 g/mol. The molecular weight excluding hydrogens is 362 g/mol. The van der Waals surface area contributed by atoms with Gasteiger partial charge in [-0.1, -0.05) is 12.1 Å². The van der Waals surface area contributed by atoms with Crippen LogP contribution in [0.1, 0.15) is 52.5 Å². The van der Waals surface area contributed by atoms with Crippen molar-refractivity contribution in [2.45, 2.75) is 59.1 Å². The summed E-state index contributed by atoms with van der Waals surface area (Å²) in [5, 5.41) is 8.00. The minimum absolute atomic E-state index is 0.0171. The minimum atomic E-state index is -0.582. The van der Waals surface area contributed by atoms with E-state index < -0.39 is 11.7 Å². The van der Waals surface area contributed by atoms with E-state index in [0.29, 0.717) is 12.2 Å². The van der Waals surface area contributed by atoms with Crippen LogP contribution >= 0.6 is 0 Å². The molecule has 8 heteroatoms. The van der Waals surface area contributed by atoms with Crippen LogP contribution in [0.25, 0.3) is 0 Å². The Kier molecular flexibility index (Phi) is 9.14. The van der Waals surface area contributed by atoms with Gasteiger partial charge in [-0.25, -0.2) is 4.79 Å². The van der Waals surface area contributed by atoms with Crippen molar-refractivity contribution in [1.82, 2.24) is 10.6 Å². The molecule has 0 saturated carbocycles. The molecule has 3 amide bonds. The molecule has 28 heavy (non-hydrogen) atoms. The Hall–Kier alpha value is -2.90. The van der Waals surface area contributed by atoms with Crippen LogP contribution in [-0.2, 0) is 25.7 Å². The molecule has 8 nitrogen and oxygen atoms in total. The fraction of sp³-hybridized carbons (Fsp3) is 0.500. The van der Waals surface area contributed by atoms with Crippen LogP contribution in [0.2, 0.25) is 0 Å². The Balaban J connectivity index is 2.31. The lowest BCUT2D eigenvalue weighted by Crippen LogP contribution is -2.34. The summed E-state index contributed by atoms with van der Waals surface area (Å²) in [7, 11) is 0. The summed E-state index contributed by atoms with van der Waals surface area (Å²) in [4.78, 5) is 45.9. The zero-order valence-electron chi connectivity index (χ0n) is 16.9. The van der Waals surface area contributed by atoms with E-state index in [-0.39, 0.29) is 43.4 Å². The molecule has 1 aromatic rings. The van der Waals surface area contributed by atoms with Gasteiger partial charge in [0, 0.05) is 38.0 Å². The molecule has 0 aromatic heterocycles. The minimum Gasteiger partial charge on any atom is -0.444 e. The fourth-order valence-electron chi connectivity index (χ4n) is 2.10. The summed E-state index contributed by atoms with van der Waals surface area (Å²) in [6, 6.07) is 7.05. The van der Waals surface area contributed by atoms with E-state index in [0.717, 1.165) is 5.56 Å². The zero-order chi connectivity index (χ0) is 21.2. The molecule has 1 aromatic carbocycles. The second kappa shape index (κ2) is 11.1. The second-order valence-corrected chi connectivity index (χ2v) is 7.40. The highest BCUT2D eigenvalue weighted by Crippen LogP contribution is 2.10. The normalized spacial score (nSPS) is 10.7. The summed E-state index contributed by atoms with van der Waals surface area (Å²) in [5.74, 6) is -0.428. The first-order valence-corrected chi connectivity index (χ1v) is 9.17. The summed E-state index contributed by atoms with van der Waals surface area (Å²) in [5.41, 5.74) is 0.913. The molecule has 0 fully saturated rings. The van der Waals surface area contributed by atoms with Gasteiger partial charge in [0.25, 0.3) is 0 Å². The number of carbonyl (C=O) groups excluding carboxylic acids is 4. The number of ketones is 1. The fourth-order valence-corrected chi connectivity index (χ4v) is 2.10. The van der Waals surface area contributed by atoms with Crippen molar-refractivity contribution >= 4 is 29.4 Å². The largest absolute Gasteiger partial charge is 0.444 e. The first kappa shape index (κ1) is 23.1. The van der Waals surface area contributed by atoms with E-state index in [1.807, 2.05) is 0 Å². The number of rotatable bonds is 9. The summed E-state index contributed by atoms with van der Waals surface area (Å²) < 4.78 is 5.09. The number of hydrogen-bond acceptors (Lipinski definition) is 5. The van der Waals surface area contributed by atoms with E-state index in [1.54, 1.807) is 45.0 Å². The number of ether oxygens (including phenoxy) is 1. The van der Waals surface area contributed by atoms with Crippen molar-refractivity contribution < 1.29 is 23.9 Å². The van der Waals surface area contributed by atoms with Gasteiger partial charge in [0.2, 0.25) is 11.8 Å². The van der Waals surface area contributed by atoms with Gasteiger partial charge in [-0.3, -0.25) is 9.59 Å². The molecule has 0 aliphatic heterocycles. The third-order valence-electron chi connectivity index (χ3n) is 3.45. The molecule has 0 aliphatic rings. The SMILES string of the molecule is CC(=O)CCC(=O)NCc1ccc(NC(=O)CCNC(=O)OC(C)(C)C)cc1. The van der Waals surface area contributed by atoms with Gasteiger partial charge in [-0.15, -0.1) is 0 Å². The Bertz CT molecular complexity index is 693. The van der Waals surface area contributed by atoms with Crippen molar-refractivity contribution in [2.24, 2.45) is 0 Å². The number of amides is 3. The van der Waals surface area contributed by atoms with Gasteiger partial charge in [0.05, 0.1) is 0 Å². The maximum absolute atomic E-state index is 11.9. The molecular formula is C20H29N3O5. The van der Waals surface area contributed by atoms with Crippen molar-refractivity contribution in [1.29, 1.82) is 0 Å². The standard InChI is InChI=1S/C20H29N3O5/c1-14(24)5-10-17(25)22-13-15-6-8-16(9-7-15)23-18(26)11-12-21-19(27)28-20(2,3)4/h6-9H,5,10-13H2,1-4H3,(H,21,27)(H,22,25)(H,23,26). The molecule has 0 aliphatic carbocycles. The maximum Gasteiger partial charge on any atom is 0.407 e. The number of benzene rings is 1. The van der Waals surface area contributed by atoms with Gasteiger partial charge in [-0.2, -0.15) is 0 Å². The smallest absolute Gasteiger partial charge is 0.407 e. The number of anilines is 1. The van der Waals surface area contributed by atoms with Crippen LogP contribution < -0.4 is 16.0 Å². The van der Waals surface area contributed by atoms with E-state index >= 15 is 0 Å². The molecule has 3 N–H and O–H groups in total. The number of carbonyl (C=O) groups is 4. The third-order valence-corrected chi connectivity index (χ3v) is 3.45. The Morgan fingerprint density at radius 3 is 2.11 bits per heavy atom. The highest BCUT2D eigenvalue weighted by Gasteiger charge is 2.15. The van der Waals surface area contributed by atoms with Crippen molar-refractivity contribution in [3.8, 4) is 0 Å². The zero-order valence-corrected chi connectivity index (χ0v) is 16.9. The molecule has 0 atom stereocenters. The second-order valence-electron chi connectivity index (χ2n) is 7.40. The van der Waals surface area contributed by atoms with Crippen molar-refractivity contribution in [3.05, 3.63) is 29.8 Å². The van der Waals surface area contributed by atoms with E-state index in [4.69, 9.17) is 4.74 Å². The average Bonchev–Trinajstić information content (AvgIpc) is 2.57. The van der Waals surface area contributed by atoms with Crippen LogP contribution in [0.3, 0.4) is 0 Å². The summed E-state index contributed by atoms with van der Waals surface area (Å²) >= 11 is 0. The number of alkyl carbamates (subject to hydrolysis) is 1. The Morgan fingerprint density at radius 2 is 1.54 bits per heavy atom. The van der Waals surface area contributed by atoms with E-state index in [2.05, 4.69) is 16.0 Å². The predicted octanol–water partition coefficient (Wildman–Crippen LogP) is 2.53. The number of Topliss-reactive ketones (excluding diaryl/α,β-unsaturated/α-hetero) is 1. The molecule has 0 spiro atoms. The lowest BCUT2D eigenvalue weighted by molar-refractivity contribution is -0.124. The number of nitrogens with one attached hydrogen (secondary N) is 3. The highest BCUT2D eigenvalue weighted by atomic mass is 16.6. The molecule has 154 valence electrons. The molecule has 0 saturated heterocycles. The van der Waals surface area contributed by atoms with E-state index in [1.165, 1.54) is 6.92 Å². The van der Waals surface area contributed by atoms with Gasteiger partial charge < -0.3 is 25.5 Å². The summed E-state index contributed by atoms with van der Waals surface area (Å²) in [6.07, 6.45) is -0.0249. The van der Waals surface area contributed by atoms with E-state index in [9.17, 15) is 19.2 Å². The number of hydrogen-bond donors (Lipinski definition) is 3. The monoisotopic (exact) mass is 391 g/mol. The van der Waals surface area contributed by atoms with Crippen molar-refractivity contribution in [3.63, 3.8) is 0 Å². The lowest BCUT2D eigenvalue weighted by Gasteiger charge is -2.19. The van der Waals surface area contributed by atoms with Gasteiger partial charge >= 0.3 is 6.09 Å². The first-order chi connectivity index (χ1) is 13.0. The lowest BCUT2D eigenvalue weighted by atomic mass is 10.2. The Morgan fingerprint density at radius 1 is 0.893 bits per heavy atom. The summed E-state index contributed by atoms with van der Waals surface area (Å²) in [6.45, 7) is 7.27. The maximum atomic E-state index is 11.9. The van der Waals surface area contributed by atoms with Gasteiger partial charge in [0.1, 0.15) is 11.4 Å². The molecule has 0 heterocycles.